The van der Waals surface area contributed by atoms with Crippen molar-refractivity contribution >= 4 is 5.69 Å². The minimum atomic E-state index is -2.35. The van der Waals surface area contributed by atoms with Crippen LogP contribution in [0.5, 0.6) is 0 Å². The zero-order valence-electron chi connectivity index (χ0n) is 6.48. The van der Waals surface area contributed by atoms with Gasteiger partial charge in [-0.2, -0.15) is 0 Å². The van der Waals surface area contributed by atoms with Crippen LogP contribution in [0.15, 0.2) is 18.2 Å². The maximum Gasteiger partial charge on any atom is 0.264 e. The molecule has 0 unspecified atom stereocenters. The first-order valence-electron chi connectivity index (χ1n) is 3.93. The Labute approximate surface area is 69.4 Å². The quantitative estimate of drug-likeness (QED) is 0.681. The summed E-state index contributed by atoms with van der Waals surface area (Å²) in [7, 11) is 0. The lowest BCUT2D eigenvalue weighted by Gasteiger charge is -2.05. The lowest BCUT2D eigenvalue weighted by atomic mass is 10.1. The number of hydrogen-bond acceptors (Lipinski definition) is 1. The lowest BCUT2D eigenvalue weighted by molar-refractivity contribution is 0.150. The highest BCUT2D eigenvalue weighted by atomic mass is 19.3. The number of alkyl halides is 2. The molecule has 0 atom stereocenters. The Hall–Kier alpha value is -1.12. The summed E-state index contributed by atoms with van der Waals surface area (Å²) >= 11 is 0. The summed E-state index contributed by atoms with van der Waals surface area (Å²) in [6, 6.07) is 5.00. The molecule has 0 amide bonds. The molecule has 1 heterocycles. The van der Waals surface area contributed by atoms with Gasteiger partial charge in [-0.25, -0.2) is 8.78 Å². The second-order valence-corrected chi connectivity index (χ2v) is 2.85. The van der Waals surface area contributed by atoms with E-state index < -0.39 is 6.43 Å². The molecule has 64 valence electrons. The minimum absolute atomic E-state index is 0.178. The highest BCUT2D eigenvalue weighted by Gasteiger charge is 2.18. The van der Waals surface area contributed by atoms with E-state index in [1.807, 2.05) is 6.07 Å². The first-order valence-corrected chi connectivity index (χ1v) is 3.93. The van der Waals surface area contributed by atoms with E-state index in [1.54, 1.807) is 6.07 Å². The molecule has 0 saturated heterocycles. The number of hydrogen-bond donors (Lipinski definition) is 1. The van der Waals surface area contributed by atoms with Crippen LogP contribution in [0.2, 0.25) is 0 Å². The van der Waals surface area contributed by atoms with E-state index in [9.17, 15) is 8.78 Å². The molecule has 0 aliphatic carbocycles. The van der Waals surface area contributed by atoms with Crippen molar-refractivity contribution in [2.75, 3.05) is 11.9 Å². The number of rotatable bonds is 1. The predicted octanol–water partition coefficient (Wildman–Crippen LogP) is 2.59. The van der Waals surface area contributed by atoms with Crippen molar-refractivity contribution < 1.29 is 8.78 Å². The van der Waals surface area contributed by atoms with Gasteiger partial charge in [0.2, 0.25) is 0 Å². The smallest absolute Gasteiger partial charge is 0.264 e. The average molecular weight is 169 g/mol. The van der Waals surface area contributed by atoms with Gasteiger partial charge in [0.05, 0.1) is 0 Å². The topological polar surface area (TPSA) is 12.0 Å². The summed E-state index contributed by atoms with van der Waals surface area (Å²) in [6.07, 6.45) is -1.63. The summed E-state index contributed by atoms with van der Waals surface area (Å²) < 4.78 is 24.8. The molecule has 0 fully saturated rings. The van der Waals surface area contributed by atoms with Crippen molar-refractivity contribution in [3.63, 3.8) is 0 Å². The molecule has 1 aromatic carbocycles. The van der Waals surface area contributed by atoms with Gasteiger partial charge in [0.15, 0.2) is 0 Å². The number of anilines is 1. The molecule has 2 rings (SSSR count). The molecule has 1 aliphatic rings. The van der Waals surface area contributed by atoms with E-state index in [0.717, 1.165) is 24.2 Å². The maximum atomic E-state index is 12.4. The van der Waals surface area contributed by atoms with E-state index in [2.05, 4.69) is 5.32 Å². The normalized spacial score (nSPS) is 14.6. The van der Waals surface area contributed by atoms with E-state index >= 15 is 0 Å². The Bertz CT molecular complexity index is 297. The molecule has 0 spiro atoms. The van der Waals surface area contributed by atoms with Gasteiger partial charge >= 0.3 is 0 Å². The third kappa shape index (κ3) is 1.05. The van der Waals surface area contributed by atoms with Crippen LogP contribution in [0.1, 0.15) is 17.6 Å². The highest BCUT2D eigenvalue weighted by Crippen LogP contribution is 2.31. The number of fused-ring (bicyclic) bond motifs is 1. The van der Waals surface area contributed by atoms with Crippen LogP contribution in [-0.4, -0.2) is 6.54 Å². The van der Waals surface area contributed by atoms with Crippen molar-refractivity contribution in [2.45, 2.75) is 12.8 Å². The molecule has 1 nitrogen and oxygen atoms in total. The van der Waals surface area contributed by atoms with Crippen molar-refractivity contribution in [1.82, 2.24) is 0 Å². The van der Waals surface area contributed by atoms with E-state index in [-0.39, 0.29) is 5.56 Å². The van der Waals surface area contributed by atoms with Crippen LogP contribution in [-0.2, 0) is 6.42 Å². The molecule has 1 aliphatic heterocycles. The molecule has 0 saturated carbocycles. The second kappa shape index (κ2) is 2.73. The van der Waals surface area contributed by atoms with Crippen LogP contribution in [0.3, 0.4) is 0 Å². The summed E-state index contributed by atoms with van der Waals surface area (Å²) in [5, 5.41) is 3.06. The van der Waals surface area contributed by atoms with Gasteiger partial charge in [-0.05, 0) is 18.1 Å². The number of halogens is 2. The first-order chi connectivity index (χ1) is 5.79. The fourth-order valence-corrected chi connectivity index (χ4v) is 1.58. The van der Waals surface area contributed by atoms with Crippen LogP contribution in [0, 0.1) is 0 Å². The van der Waals surface area contributed by atoms with Gasteiger partial charge in [-0.15, -0.1) is 0 Å². The molecule has 1 N–H and O–H groups in total. The first kappa shape index (κ1) is 7.53. The van der Waals surface area contributed by atoms with Crippen LogP contribution >= 0.6 is 0 Å². The fraction of sp³-hybridized carbons (Fsp3) is 0.333. The average Bonchev–Trinajstić information content (AvgIpc) is 2.49. The Morgan fingerprint density at radius 2 is 2.17 bits per heavy atom. The molecule has 1 aromatic rings. The van der Waals surface area contributed by atoms with Gasteiger partial charge in [-0.3, -0.25) is 0 Å². The zero-order chi connectivity index (χ0) is 8.55. The van der Waals surface area contributed by atoms with E-state index in [4.69, 9.17) is 0 Å². The molecule has 0 bridgehead atoms. The number of benzene rings is 1. The van der Waals surface area contributed by atoms with Gasteiger partial charge in [0, 0.05) is 17.8 Å². The fourth-order valence-electron chi connectivity index (χ4n) is 1.58. The summed E-state index contributed by atoms with van der Waals surface area (Å²) in [5.74, 6) is 0. The van der Waals surface area contributed by atoms with Crippen molar-refractivity contribution in [1.29, 1.82) is 0 Å². The summed E-state index contributed by atoms with van der Waals surface area (Å²) in [5.41, 5.74) is 1.83. The van der Waals surface area contributed by atoms with Crippen molar-refractivity contribution in [3.8, 4) is 0 Å². The Morgan fingerprint density at radius 3 is 2.92 bits per heavy atom. The SMILES string of the molecule is FC(F)c1cccc2c1CCN2. The van der Waals surface area contributed by atoms with Crippen LogP contribution < -0.4 is 5.32 Å². The minimum Gasteiger partial charge on any atom is -0.384 e. The number of nitrogens with one attached hydrogen (secondary N) is 1. The van der Waals surface area contributed by atoms with Crippen LogP contribution in [0.25, 0.3) is 0 Å². The molecule has 3 heteroatoms. The third-order valence-electron chi connectivity index (χ3n) is 2.14. The van der Waals surface area contributed by atoms with Gasteiger partial charge < -0.3 is 5.32 Å². The standard InChI is InChI=1S/C9H9F2N/c10-9(11)7-2-1-3-8-6(7)4-5-12-8/h1-3,9,12H,4-5H2. The monoisotopic (exact) mass is 169 g/mol. The van der Waals surface area contributed by atoms with Gasteiger partial charge in [0.1, 0.15) is 0 Å². The largest absolute Gasteiger partial charge is 0.384 e. The molecular weight excluding hydrogens is 160 g/mol. The predicted molar refractivity (Wildman–Crippen MR) is 43.6 cm³/mol. The van der Waals surface area contributed by atoms with Crippen molar-refractivity contribution in [3.05, 3.63) is 29.3 Å². The second-order valence-electron chi connectivity index (χ2n) is 2.85. The highest BCUT2D eigenvalue weighted by molar-refractivity contribution is 5.58. The van der Waals surface area contributed by atoms with Gasteiger partial charge in [-0.1, -0.05) is 12.1 Å². The Balaban J connectivity index is 2.49. The zero-order valence-corrected chi connectivity index (χ0v) is 6.48. The summed E-state index contributed by atoms with van der Waals surface area (Å²) in [4.78, 5) is 0. The molecule has 0 radical (unpaired) electrons. The summed E-state index contributed by atoms with van der Waals surface area (Å²) in [6.45, 7) is 0.777. The third-order valence-corrected chi connectivity index (χ3v) is 2.14. The molecule has 12 heavy (non-hydrogen) atoms. The van der Waals surface area contributed by atoms with E-state index in [1.165, 1.54) is 6.07 Å². The maximum absolute atomic E-state index is 12.4. The van der Waals surface area contributed by atoms with Crippen molar-refractivity contribution in [2.24, 2.45) is 0 Å². The molecular formula is C9H9F2N. The lowest BCUT2D eigenvalue weighted by Crippen LogP contribution is -1.91. The molecule has 0 aromatic heterocycles. The van der Waals surface area contributed by atoms with E-state index in [0.29, 0.717) is 0 Å². The van der Waals surface area contributed by atoms with Crippen LogP contribution in [0.4, 0.5) is 14.5 Å². The Morgan fingerprint density at radius 1 is 1.33 bits per heavy atom. The Kier molecular flexibility index (Phi) is 1.71. The van der Waals surface area contributed by atoms with Gasteiger partial charge in [0.25, 0.3) is 6.43 Å².